The highest BCUT2D eigenvalue weighted by molar-refractivity contribution is 6.78. The van der Waals surface area contributed by atoms with Crippen LogP contribution in [-0.2, 0) is 20.9 Å². The average molecular weight is 307 g/mol. The Labute approximate surface area is 125 Å². The minimum Gasteiger partial charge on any atom is -0.467 e. The van der Waals surface area contributed by atoms with Crippen molar-refractivity contribution in [1.29, 1.82) is 0 Å². The number of amides is 1. The molecule has 114 valence electrons. The Morgan fingerprint density at radius 3 is 2.57 bits per heavy atom. The van der Waals surface area contributed by atoms with Crippen LogP contribution in [0.4, 0.5) is 4.79 Å². The third-order valence-corrected chi connectivity index (χ3v) is 6.32. The second kappa shape index (κ2) is 6.30. The van der Waals surface area contributed by atoms with Gasteiger partial charge in [-0.2, -0.15) is 0 Å². The van der Waals surface area contributed by atoms with E-state index in [2.05, 4.69) is 13.1 Å². The number of nitrogens with zero attached hydrogens (tertiary/aromatic N) is 1. The Morgan fingerprint density at radius 1 is 1.29 bits per heavy atom. The largest absolute Gasteiger partial charge is 0.467 e. The van der Waals surface area contributed by atoms with Crippen LogP contribution < -0.4 is 0 Å². The average Bonchev–Trinajstić information content (AvgIpc) is 2.81. The maximum atomic E-state index is 12.3. The van der Waals surface area contributed by atoms with Crippen LogP contribution in [0.5, 0.6) is 0 Å². The van der Waals surface area contributed by atoms with Crippen molar-refractivity contribution in [2.75, 3.05) is 13.3 Å². The molecule has 0 spiro atoms. The molecule has 21 heavy (non-hydrogen) atoms. The summed E-state index contributed by atoms with van der Waals surface area (Å²) in [5.41, 5.74) is 0.927. The van der Waals surface area contributed by atoms with Gasteiger partial charge in [-0.25, -0.2) is 9.59 Å². The van der Waals surface area contributed by atoms with Crippen molar-refractivity contribution < 1.29 is 19.1 Å². The lowest BCUT2D eigenvalue weighted by Gasteiger charge is -2.22. The Kier molecular flexibility index (Phi) is 4.67. The zero-order chi connectivity index (χ0) is 15.5. The molecular formula is C15H21NO4Si. The highest BCUT2D eigenvalue weighted by Gasteiger charge is 2.46. The van der Waals surface area contributed by atoms with E-state index >= 15 is 0 Å². The van der Waals surface area contributed by atoms with Crippen molar-refractivity contribution in [3.8, 4) is 0 Å². The Balaban J connectivity index is 2.01. The molecule has 0 unspecified atom stereocenters. The topological polar surface area (TPSA) is 55.8 Å². The van der Waals surface area contributed by atoms with E-state index in [0.717, 1.165) is 11.6 Å². The van der Waals surface area contributed by atoms with Crippen molar-refractivity contribution in [3.63, 3.8) is 0 Å². The number of benzene rings is 1. The summed E-state index contributed by atoms with van der Waals surface area (Å²) >= 11 is 0. The van der Waals surface area contributed by atoms with Crippen molar-refractivity contribution in [2.24, 2.45) is 0 Å². The maximum Gasteiger partial charge on any atom is 0.410 e. The van der Waals surface area contributed by atoms with Crippen LogP contribution in [-0.4, -0.2) is 44.4 Å². The second-order valence-electron chi connectivity index (χ2n) is 6.08. The van der Waals surface area contributed by atoms with Gasteiger partial charge in [0.05, 0.1) is 15.2 Å². The van der Waals surface area contributed by atoms with E-state index in [1.54, 1.807) is 0 Å². The maximum absolute atomic E-state index is 12.3. The lowest BCUT2D eigenvalue weighted by Crippen LogP contribution is -2.42. The first kappa shape index (κ1) is 15.6. The smallest absolute Gasteiger partial charge is 0.410 e. The molecule has 1 aliphatic heterocycles. The molecule has 0 aliphatic carbocycles. The van der Waals surface area contributed by atoms with Gasteiger partial charge in [0.2, 0.25) is 0 Å². The van der Waals surface area contributed by atoms with Gasteiger partial charge in [0.15, 0.2) is 0 Å². The molecule has 1 aromatic rings. The standard InChI is InChI=1S/C15H21NO4Si/c1-19-14(17)13-10-21(2,3)11-16(13)15(18)20-9-12-7-5-4-6-8-12/h4-8,13H,9-11H2,1-3H3/t13-/m1/s1. The summed E-state index contributed by atoms with van der Waals surface area (Å²) in [7, 11) is -0.242. The van der Waals surface area contributed by atoms with Crippen LogP contribution in [0, 0.1) is 0 Å². The van der Waals surface area contributed by atoms with Crippen LogP contribution in [0.2, 0.25) is 19.1 Å². The molecule has 1 saturated heterocycles. The van der Waals surface area contributed by atoms with Crippen LogP contribution in [0.1, 0.15) is 5.56 Å². The zero-order valence-corrected chi connectivity index (χ0v) is 13.7. The normalized spacial score (nSPS) is 20.1. The summed E-state index contributed by atoms with van der Waals surface area (Å²) in [6.45, 7) is 4.53. The van der Waals surface area contributed by atoms with Gasteiger partial charge in [0, 0.05) is 6.17 Å². The third kappa shape index (κ3) is 3.84. The molecule has 0 bridgehead atoms. The molecule has 1 aliphatic rings. The van der Waals surface area contributed by atoms with Crippen LogP contribution in [0.25, 0.3) is 0 Å². The second-order valence-corrected chi connectivity index (χ2v) is 11.1. The van der Waals surface area contributed by atoms with Gasteiger partial charge in [-0.3, -0.25) is 4.90 Å². The molecule has 0 saturated carbocycles. The molecule has 1 heterocycles. The van der Waals surface area contributed by atoms with Crippen LogP contribution in [0.15, 0.2) is 30.3 Å². The van der Waals surface area contributed by atoms with E-state index < -0.39 is 20.2 Å². The molecule has 0 radical (unpaired) electrons. The quantitative estimate of drug-likeness (QED) is 0.636. The lowest BCUT2D eigenvalue weighted by atomic mass is 10.2. The molecule has 1 atom stereocenters. The van der Waals surface area contributed by atoms with Crippen LogP contribution >= 0.6 is 0 Å². The summed E-state index contributed by atoms with van der Waals surface area (Å²) in [5.74, 6) is -0.357. The van der Waals surface area contributed by atoms with Crippen molar-refractivity contribution >= 4 is 20.1 Å². The van der Waals surface area contributed by atoms with E-state index in [9.17, 15) is 9.59 Å². The first-order valence-corrected chi connectivity index (χ1v) is 10.4. The summed E-state index contributed by atoms with van der Waals surface area (Å²) in [5, 5.41) is 0. The van der Waals surface area contributed by atoms with Crippen LogP contribution in [0.3, 0.4) is 0 Å². The highest BCUT2D eigenvalue weighted by Crippen LogP contribution is 2.28. The molecule has 1 fully saturated rings. The Morgan fingerprint density at radius 2 is 1.95 bits per heavy atom. The first-order chi connectivity index (χ1) is 9.93. The summed E-state index contributed by atoms with van der Waals surface area (Å²) in [4.78, 5) is 25.6. The minimum absolute atomic E-state index is 0.214. The van der Waals surface area contributed by atoms with E-state index in [0.29, 0.717) is 6.17 Å². The predicted octanol–water partition coefficient (Wildman–Crippen LogP) is 2.43. The van der Waals surface area contributed by atoms with Gasteiger partial charge in [-0.15, -0.1) is 0 Å². The molecule has 6 heteroatoms. The van der Waals surface area contributed by atoms with E-state index in [4.69, 9.17) is 9.47 Å². The third-order valence-electron chi connectivity index (χ3n) is 3.63. The van der Waals surface area contributed by atoms with E-state index in [1.807, 2.05) is 30.3 Å². The molecule has 2 rings (SSSR count). The number of carbonyl (C=O) groups excluding carboxylic acids is 2. The number of hydrogen-bond acceptors (Lipinski definition) is 4. The Hall–Kier alpha value is -1.82. The molecular weight excluding hydrogens is 286 g/mol. The molecule has 1 amide bonds. The monoisotopic (exact) mass is 307 g/mol. The van der Waals surface area contributed by atoms with Gasteiger partial charge in [0.25, 0.3) is 0 Å². The van der Waals surface area contributed by atoms with E-state index in [-0.39, 0.29) is 12.6 Å². The zero-order valence-electron chi connectivity index (χ0n) is 12.7. The molecule has 5 nitrogen and oxygen atoms in total. The molecule has 0 aromatic heterocycles. The molecule has 1 aromatic carbocycles. The summed E-state index contributed by atoms with van der Waals surface area (Å²) in [6.07, 6.45) is 0.188. The number of carbonyl (C=O) groups is 2. The SMILES string of the molecule is COC(=O)[C@H]1C[Si](C)(C)CN1C(=O)OCc1ccccc1. The van der Waals surface area contributed by atoms with Gasteiger partial charge < -0.3 is 9.47 Å². The number of ether oxygens (including phenoxy) is 2. The first-order valence-electron chi connectivity index (χ1n) is 6.98. The van der Waals surface area contributed by atoms with E-state index in [1.165, 1.54) is 12.0 Å². The fourth-order valence-electron chi connectivity index (χ4n) is 2.61. The van der Waals surface area contributed by atoms with Crippen molar-refractivity contribution in [2.45, 2.75) is 31.8 Å². The predicted molar refractivity (Wildman–Crippen MR) is 81.4 cm³/mol. The minimum atomic E-state index is -1.59. The number of rotatable bonds is 3. The van der Waals surface area contributed by atoms with Crippen molar-refractivity contribution in [1.82, 2.24) is 4.90 Å². The summed E-state index contributed by atoms with van der Waals surface area (Å²) in [6, 6.07) is 9.72. The number of hydrogen-bond donors (Lipinski definition) is 0. The van der Waals surface area contributed by atoms with Gasteiger partial charge in [-0.1, -0.05) is 43.4 Å². The van der Waals surface area contributed by atoms with Gasteiger partial charge in [-0.05, 0) is 11.6 Å². The number of esters is 1. The molecule has 0 N–H and O–H groups in total. The van der Waals surface area contributed by atoms with Crippen molar-refractivity contribution in [3.05, 3.63) is 35.9 Å². The fraction of sp³-hybridized carbons (Fsp3) is 0.467. The fourth-order valence-corrected chi connectivity index (χ4v) is 5.44. The Bertz CT molecular complexity index is 518. The lowest BCUT2D eigenvalue weighted by molar-refractivity contribution is -0.145. The van der Waals surface area contributed by atoms with Gasteiger partial charge in [0.1, 0.15) is 12.6 Å². The highest BCUT2D eigenvalue weighted by atomic mass is 28.3. The van der Waals surface area contributed by atoms with Gasteiger partial charge >= 0.3 is 12.1 Å². The summed E-state index contributed by atoms with van der Waals surface area (Å²) < 4.78 is 10.1. The number of methoxy groups -OCH3 is 1.